The van der Waals surface area contributed by atoms with Gasteiger partial charge in [-0.3, -0.25) is 28.7 Å². The Labute approximate surface area is 182 Å². The lowest BCUT2D eigenvalue weighted by atomic mass is 9.81. The number of hydrogen-bond donors (Lipinski definition) is 3. The van der Waals surface area contributed by atoms with Gasteiger partial charge in [-0.15, -0.1) is 0 Å². The first-order chi connectivity index (χ1) is 15.2. The molecule has 2 aliphatic heterocycles. The summed E-state index contributed by atoms with van der Waals surface area (Å²) in [4.78, 5) is 63.5. The average molecular weight is 453 g/mol. The number of aliphatic carboxylic acids is 2. The molecule has 1 aromatic rings. The quantitative estimate of drug-likeness (QED) is 0.390. The van der Waals surface area contributed by atoms with Crippen LogP contribution in [0.25, 0.3) is 0 Å². The van der Waals surface area contributed by atoms with Gasteiger partial charge >= 0.3 is 23.6 Å². The van der Waals surface area contributed by atoms with Crippen LogP contribution in [0.3, 0.4) is 0 Å². The predicted octanol–water partition coefficient (Wildman–Crippen LogP) is -0.573. The maximum absolute atomic E-state index is 12.6. The van der Waals surface area contributed by atoms with Gasteiger partial charge in [0.2, 0.25) is 0 Å². The molecule has 2 aliphatic rings. The van der Waals surface area contributed by atoms with Crippen molar-refractivity contribution in [3.8, 4) is 0 Å². The standard InChI is InChI=1S/C20H27N3O9/c1-11(24)31-10-15-12(7-16(25)26)13(8-17(27)28)18(32-15)14-9-23(20(30)21-19(14)29)6-5-22-3-2-4-22/h9,12-13,15,18H,2-8,10H2,1H3,(H,25,26)(H,27,28)(H,21,29,30)/t12-,13+,15+,18+/m1/s1. The van der Waals surface area contributed by atoms with Crippen LogP contribution in [0.15, 0.2) is 15.8 Å². The van der Waals surface area contributed by atoms with Crippen molar-refractivity contribution < 1.29 is 34.1 Å². The highest BCUT2D eigenvalue weighted by molar-refractivity contribution is 5.69. The second kappa shape index (κ2) is 10.1. The number of esters is 1. The maximum atomic E-state index is 12.6. The molecule has 0 saturated carbocycles. The lowest BCUT2D eigenvalue weighted by Gasteiger charge is -2.30. The summed E-state index contributed by atoms with van der Waals surface area (Å²) in [5.41, 5.74) is -1.27. The molecule has 0 aliphatic carbocycles. The molecule has 12 nitrogen and oxygen atoms in total. The minimum absolute atomic E-state index is 0.0418. The number of nitrogens with zero attached hydrogens (tertiary/aromatic N) is 2. The second-order valence-electron chi connectivity index (χ2n) is 8.15. The van der Waals surface area contributed by atoms with Crippen molar-refractivity contribution in [3.63, 3.8) is 0 Å². The fourth-order valence-corrected chi connectivity index (χ4v) is 4.25. The molecule has 0 spiro atoms. The number of rotatable bonds is 10. The Morgan fingerprint density at radius 3 is 2.34 bits per heavy atom. The van der Waals surface area contributed by atoms with Gasteiger partial charge in [0, 0.05) is 38.0 Å². The van der Waals surface area contributed by atoms with Gasteiger partial charge in [0.15, 0.2) is 0 Å². The van der Waals surface area contributed by atoms with Crippen LogP contribution in [0, 0.1) is 11.8 Å². The number of carbonyl (C=O) groups is 3. The SMILES string of the molecule is CC(=O)OC[C@@H]1O[C@H](c2cn(CCN3CCC3)c(=O)[nH]c2=O)[C@@H](CC(=O)O)[C@H]1CC(=O)O. The summed E-state index contributed by atoms with van der Waals surface area (Å²) in [5.74, 6) is -4.63. The Morgan fingerprint density at radius 1 is 1.12 bits per heavy atom. The summed E-state index contributed by atoms with van der Waals surface area (Å²) in [6.45, 7) is 3.73. The largest absolute Gasteiger partial charge is 0.481 e. The van der Waals surface area contributed by atoms with Crippen molar-refractivity contribution in [1.29, 1.82) is 0 Å². The minimum atomic E-state index is -1.19. The summed E-state index contributed by atoms with van der Waals surface area (Å²) in [7, 11) is 0. The Morgan fingerprint density at radius 2 is 1.78 bits per heavy atom. The van der Waals surface area contributed by atoms with Crippen molar-refractivity contribution in [3.05, 3.63) is 32.6 Å². The lowest BCUT2D eigenvalue weighted by molar-refractivity contribution is -0.146. The van der Waals surface area contributed by atoms with E-state index in [-0.39, 0.29) is 12.2 Å². The number of carboxylic acid groups (broad SMARTS) is 2. The van der Waals surface area contributed by atoms with Gasteiger partial charge in [0.25, 0.3) is 5.56 Å². The molecule has 12 heteroatoms. The van der Waals surface area contributed by atoms with Crippen LogP contribution in [-0.2, 0) is 30.4 Å². The molecule has 176 valence electrons. The highest BCUT2D eigenvalue weighted by Crippen LogP contribution is 2.45. The number of carboxylic acids is 2. The van der Waals surface area contributed by atoms with Crippen LogP contribution in [0.5, 0.6) is 0 Å². The minimum Gasteiger partial charge on any atom is -0.481 e. The Balaban J connectivity index is 1.93. The molecule has 0 radical (unpaired) electrons. The number of aromatic nitrogens is 2. The zero-order valence-electron chi connectivity index (χ0n) is 17.7. The second-order valence-corrected chi connectivity index (χ2v) is 8.15. The molecule has 0 aromatic carbocycles. The zero-order chi connectivity index (χ0) is 23.4. The van der Waals surface area contributed by atoms with Gasteiger partial charge in [-0.1, -0.05) is 0 Å². The third kappa shape index (κ3) is 5.62. The van der Waals surface area contributed by atoms with E-state index in [2.05, 4.69) is 9.88 Å². The van der Waals surface area contributed by atoms with Gasteiger partial charge in [-0.2, -0.15) is 0 Å². The number of nitrogens with one attached hydrogen (secondary N) is 1. The first kappa shape index (κ1) is 23.7. The number of carbonyl (C=O) groups excluding carboxylic acids is 1. The maximum Gasteiger partial charge on any atom is 0.328 e. The Bertz CT molecular complexity index is 981. The number of ether oxygens (including phenoxy) is 2. The molecular weight excluding hydrogens is 426 g/mol. The summed E-state index contributed by atoms with van der Waals surface area (Å²) in [6, 6.07) is 0. The van der Waals surface area contributed by atoms with Gasteiger partial charge in [0.1, 0.15) is 6.61 Å². The molecule has 1 aromatic heterocycles. The third-order valence-electron chi connectivity index (χ3n) is 5.96. The van der Waals surface area contributed by atoms with E-state index in [0.29, 0.717) is 13.1 Å². The molecule has 2 fully saturated rings. The monoisotopic (exact) mass is 453 g/mol. The summed E-state index contributed by atoms with van der Waals surface area (Å²) >= 11 is 0. The van der Waals surface area contributed by atoms with E-state index in [4.69, 9.17) is 9.47 Å². The molecular formula is C20H27N3O9. The van der Waals surface area contributed by atoms with Gasteiger partial charge < -0.3 is 24.6 Å². The van der Waals surface area contributed by atoms with Crippen LogP contribution >= 0.6 is 0 Å². The van der Waals surface area contributed by atoms with E-state index in [1.165, 1.54) is 17.7 Å². The molecule has 3 heterocycles. The van der Waals surface area contributed by atoms with Gasteiger partial charge in [-0.05, 0) is 19.5 Å². The normalized spacial score (nSPS) is 25.3. The van der Waals surface area contributed by atoms with E-state index in [1.54, 1.807) is 0 Å². The smallest absolute Gasteiger partial charge is 0.328 e. The van der Waals surface area contributed by atoms with Crippen LogP contribution in [0.1, 0.15) is 37.9 Å². The molecule has 32 heavy (non-hydrogen) atoms. The van der Waals surface area contributed by atoms with E-state index >= 15 is 0 Å². The predicted molar refractivity (Wildman–Crippen MR) is 108 cm³/mol. The van der Waals surface area contributed by atoms with Crippen molar-refractivity contribution >= 4 is 17.9 Å². The lowest BCUT2D eigenvalue weighted by Crippen LogP contribution is -2.41. The summed E-state index contributed by atoms with van der Waals surface area (Å²) in [6.07, 6.45) is -0.418. The van der Waals surface area contributed by atoms with Crippen molar-refractivity contribution in [2.24, 2.45) is 11.8 Å². The van der Waals surface area contributed by atoms with E-state index < -0.39 is 66.0 Å². The molecule has 4 atom stereocenters. The molecule has 3 N–H and O–H groups in total. The number of H-pyrrole nitrogens is 1. The van der Waals surface area contributed by atoms with Crippen LogP contribution in [0.4, 0.5) is 0 Å². The zero-order valence-corrected chi connectivity index (χ0v) is 17.7. The number of hydrogen-bond acceptors (Lipinski definition) is 8. The molecule has 3 rings (SSSR count). The van der Waals surface area contributed by atoms with Crippen LogP contribution < -0.4 is 11.2 Å². The molecule has 2 saturated heterocycles. The fraction of sp³-hybridized carbons (Fsp3) is 0.650. The van der Waals surface area contributed by atoms with Crippen molar-refractivity contribution in [1.82, 2.24) is 14.5 Å². The third-order valence-corrected chi connectivity index (χ3v) is 5.96. The topological polar surface area (TPSA) is 168 Å². The van der Waals surface area contributed by atoms with Crippen LogP contribution in [0.2, 0.25) is 0 Å². The average Bonchev–Trinajstić information content (AvgIpc) is 2.96. The number of aromatic amines is 1. The highest BCUT2D eigenvalue weighted by atomic mass is 16.6. The molecule has 0 unspecified atom stereocenters. The van der Waals surface area contributed by atoms with Crippen molar-refractivity contribution in [2.45, 2.75) is 44.9 Å². The van der Waals surface area contributed by atoms with Crippen molar-refractivity contribution in [2.75, 3.05) is 26.2 Å². The van der Waals surface area contributed by atoms with E-state index in [1.807, 2.05) is 0 Å². The van der Waals surface area contributed by atoms with E-state index in [9.17, 15) is 34.2 Å². The van der Waals surface area contributed by atoms with Gasteiger partial charge in [-0.25, -0.2) is 4.79 Å². The summed E-state index contributed by atoms with van der Waals surface area (Å²) in [5, 5.41) is 18.7. The summed E-state index contributed by atoms with van der Waals surface area (Å²) < 4.78 is 12.2. The first-order valence-corrected chi connectivity index (χ1v) is 10.4. The number of likely N-dealkylation sites (tertiary alicyclic amines) is 1. The van der Waals surface area contributed by atoms with Gasteiger partial charge in [0.05, 0.1) is 30.6 Å². The highest BCUT2D eigenvalue weighted by Gasteiger charge is 2.48. The molecule has 0 bridgehead atoms. The molecule has 0 amide bonds. The van der Waals surface area contributed by atoms with Crippen LogP contribution in [-0.4, -0.2) is 74.9 Å². The first-order valence-electron chi connectivity index (χ1n) is 10.4. The Kier molecular flexibility index (Phi) is 7.46. The van der Waals surface area contributed by atoms with E-state index in [0.717, 1.165) is 19.5 Å². The Hall–Kier alpha value is -2.99. The fourth-order valence-electron chi connectivity index (χ4n) is 4.25.